The first-order chi connectivity index (χ1) is 8.97. The monoisotopic (exact) mass is 265 g/mol. The van der Waals surface area contributed by atoms with Crippen LogP contribution < -0.4 is 5.32 Å². The van der Waals surface area contributed by atoms with Gasteiger partial charge in [-0.05, 0) is 38.5 Å². The van der Waals surface area contributed by atoms with Crippen molar-refractivity contribution in [2.24, 2.45) is 0 Å². The predicted octanol–water partition coefficient (Wildman–Crippen LogP) is 3.66. The molecule has 1 aromatic carbocycles. The fourth-order valence-electron chi connectivity index (χ4n) is 1.73. The highest BCUT2D eigenvalue weighted by Gasteiger charge is 2.08. The lowest BCUT2D eigenvalue weighted by Gasteiger charge is -2.08. The summed E-state index contributed by atoms with van der Waals surface area (Å²) in [6.45, 7) is 5.95. The molecule has 0 spiro atoms. The second-order valence-corrected chi connectivity index (χ2v) is 4.82. The molecule has 0 saturated heterocycles. The van der Waals surface area contributed by atoms with Gasteiger partial charge in [0.25, 0.3) is 0 Å². The third-order valence-electron chi connectivity index (χ3n) is 2.90. The molecule has 0 aliphatic rings. The Morgan fingerprint density at radius 1 is 1.26 bits per heavy atom. The van der Waals surface area contributed by atoms with E-state index >= 15 is 0 Å². The van der Waals surface area contributed by atoms with E-state index in [-0.39, 0.29) is 11.7 Å². The average Bonchev–Trinajstić information content (AvgIpc) is 2.81. The van der Waals surface area contributed by atoms with Gasteiger partial charge in [0.1, 0.15) is 11.6 Å². The minimum Gasteiger partial charge on any atom is -0.377 e. The van der Waals surface area contributed by atoms with E-state index in [9.17, 15) is 8.78 Å². The highest BCUT2D eigenvalue weighted by atomic mass is 19.1. The molecule has 0 aliphatic heterocycles. The zero-order chi connectivity index (χ0) is 14.0. The van der Waals surface area contributed by atoms with Crippen LogP contribution in [0.2, 0.25) is 0 Å². The third-order valence-corrected chi connectivity index (χ3v) is 2.90. The van der Waals surface area contributed by atoms with Gasteiger partial charge in [-0.25, -0.2) is 8.78 Å². The van der Waals surface area contributed by atoms with Crippen LogP contribution in [0.1, 0.15) is 31.1 Å². The topological polar surface area (TPSA) is 29.9 Å². The first-order valence-corrected chi connectivity index (χ1v) is 6.21. The average molecular weight is 265 g/mol. The van der Waals surface area contributed by atoms with E-state index in [1.807, 2.05) is 30.8 Å². The molecule has 0 fully saturated rings. The minimum atomic E-state index is -0.456. The van der Waals surface area contributed by atoms with Crippen molar-refractivity contribution in [3.8, 4) is 0 Å². The Morgan fingerprint density at radius 2 is 2.00 bits per heavy atom. The summed E-state index contributed by atoms with van der Waals surface area (Å²) >= 11 is 0. The predicted molar refractivity (Wildman–Crippen MR) is 71.0 cm³/mol. The molecule has 2 rings (SSSR count). The van der Waals surface area contributed by atoms with Gasteiger partial charge in [-0.2, -0.15) is 5.10 Å². The van der Waals surface area contributed by atoms with E-state index in [1.54, 1.807) is 0 Å². The van der Waals surface area contributed by atoms with Gasteiger partial charge < -0.3 is 5.32 Å². The summed E-state index contributed by atoms with van der Waals surface area (Å²) in [5.41, 5.74) is 1.24. The van der Waals surface area contributed by atoms with Gasteiger partial charge in [-0.15, -0.1) is 0 Å². The molecule has 0 amide bonds. The molecule has 102 valence electrons. The number of nitrogens with zero attached hydrogens (tertiary/aromatic N) is 2. The molecule has 0 atom stereocenters. The van der Waals surface area contributed by atoms with Crippen LogP contribution >= 0.6 is 0 Å². The van der Waals surface area contributed by atoms with Gasteiger partial charge >= 0.3 is 0 Å². The van der Waals surface area contributed by atoms with Crippen molar-refractivity contribution in [3.63, 3.8) is 0 Å². The molecule has 1 N–H and O–H groups in total. The van der Waals surface area contributed by atoms with Crippen LogP contribution in [0, 0.1) is 18.6 Å². The Hall–Kier alpha value is -1.91. The van der Waals surface area contributed by atoms with Crippen molar-refractivity contribution in [2.45, 2.75) is 33.4 Å². The Labute approximate surface area is 111 Å². The Kier molecular flexibility index (Phi) is 3.83. The summed E-state index contributed by atoms with van der Waals surface area (Å²) in [6.07, 6.45) is 1.87. The molecule has 0 bridgehead atoms. The van der Waals surface area contributed by atoms with Crippen LogP contribution in [0.5, 0.6) is 0 Å². The number of anilines is 1. The van der Waals surface area contributed by atoms with E-state index in [4.69, 9.17) is 0 Å². The van der Waals surface area contributed by atoms with E-state index in [1.165, 1.54) is 19.1 Å². The van der Waals surface area contributed by atoms with Crippen LogP contribution in [0.4, 0.5) is 14.5 Å². The lowest BCUT2D eigenvalue weighted by Crippen LogP contribution is -2.06. The van der Waals surface area contributed by atoms with Crippen LogP contribution in [-0.4, -0.2) is 9.78 Å². The number of aryl methyl sites for hydroxylation is 1. The zero-order valence-electron chi connectivity index (χ0n) is 11.2. The fourth-order valence-corrected chi connectivity index (χ4v) is 1.73. The van der Waals surface area contributed by atoms with Crippen LogP contribution in [0.15, 0.2) is 24.4 Å². The lowest BCUT2D eigenvalue weighted by atomic mass is 10.2. The molecule has 2 aromatic rings. The maximum Gasteiger partial charge on any atom is 0.146 e. The highest BCUT2D eigenvalue weighted by Crippen LogP contribution is 2.19. The number of aromatic nitrogens is 2. The summed E-state index contributed by atoms with van der Waals surface area (Å²) in [6, 6.07) is 4.49. The summed E-state index contributed by atoms with van der Waals surface area (Å²) < 4.78 is 28.8. The molecule has 1 heterocycles. The van der Waals surface area contributed by atoms with Gasteiger partial charge in [0.15, 0.2) is 0 Å². The van der Waals surface area contributed by atoms with Crippen molar-refractivity contribution < 1.29 is 8.78 Å². The number of nitrogens with one attached hydrogen (secondary N) is 1. The summed E-state index contributed by atoms with van der Waals surface area (Å²) in [7, 11) is 0. The normalized spacial score (nSPS) is 11.1. The second kappa shape index (κ2) is 5.38. The smallest absolute Gasteiger partial charge is 0.146 e. The van der Waals surface area contributed by atoms with Gasteiger partial charge in [0.05, 0.1) is 17.9 Å². The Morgan fingerprint density at radius 3 is 2.63 bits per heavy atom. The molecule has 5 heteroatoms. The largest absolute Gasteiger partial charge is 0.377 e. The van der Waals surface area contributed by atoms with E-state index in [0.29, 0.717) is 12.1 Å². The molecule has 0 unspecified atom stereocenters. The molecular formula is C14H17F2N3. The molecule has 3 nitrogen and oxygen atoms in total. The highest BCUT2D eigenvalue weighted by molar-refractivity contribution is 5.47. The second-order valence-electron chi connectivity index (χ2n) is 4.82. The number of rotatable bonds is 4. The molecule has 0 aliphatic carbocycles. The molecular weight excluding hydrogens is 248 g/mol. The molecule has 19 heavy (non-hydrogen) atoms. The fraction of sp³-hybridized carbons (Fsp3) is 0.357. The SMILES string of the molecule is Cc1cc(F)c(NCc2ccn(C(C)C)n2)cc1F. The van der Waals surface area contributed by atoms with Crippen LogP contribution in [0.3, 0.4) is 0 Å². The van der Waals surface area contributed by atoms with Crippen molar-refractivity contribution in [1.29, 1.82) is 0 Å². The molecule has 0 saturated carbocycles. The summed E-state index contributed by atoms with van der Waals surface area (Å²) in [5.74, 6) is -0.876. The summed E-state index contributed by atoms with van der Waals surface area (Å²) in [4.78, 5) is 0. The van der Waals surface area contributed by atoms with Crippen molar-refractivity contribution in [1.82, 2.24) is 9.78 Å². The minimum absolute atomic E-state index is 0.155. The van der Waals surface area contributed by atoms with Gasteiger partial charge in [-0.3, -0.25) is 4.68 Å². The number of halogens is 2. The van der Waals surface area contributed by atoms with Crippen LogP contribution in [0.25, 0.3) is 0 Å². The van der Waals surface area contributed by atoms with Gasteiger partial charge in [0.2, 0.25) is 0 Å². The van der Waals surface area contributed by atoms with E-state index < -0.39 is 11.6 Å². The quantitative estimate of drug-likeness (QED) is 0.914. The Balaban J connectivity index is 2.07. The number of hydrogen-bond donors (Lipinski definition) is 1. The maximum absolute atomic E-state index is 13.6. The van der Waals surface area contributed by atoms with Crippen molar-refractivity contribution in [2.75, 3.05) is 5.32 Å². The maximum atomic E-state index is 13.6. The summed E-state index contributed by atoms with van der Waals surface area (Å²) in [5, 5.41) is 7.19. The number of hydrogen-bond acceptors (Lipinski definition) is 2. The van der Waals surface area contributed by atoms with Gasteiger partial charge in [0, 0.05) is 18.3 Å². The standard InChI is InChI=1S/C14H17F2N3/c1-9(2)19-5-4-11(18-19)8-17-14-7-12(15)10(3)6-13(14)16/h4-7,9,17H,8H2,1-3H3. The van der Waals surface area contributed by atoms with Crippen molar-refractivity contribution in [3.05, 3.63) is 47.3 Å². The van der Waals surface area contributed by atoms with Gasteiger partial charge in [-0.1, -0.05) is 0 Å². The first kappa shape index (κ1) is 13.5. The third kappa shape index (κ3) is 3.10. The lowest BCUT2D eigenvalue weighted by molar-refractivity contribution is 0.527. The first-order valence-electron chi connectivity index (χ1n) is 6.21. The molecule has 1 aromatic heterocycles. The zero-order valence-corrected chi connectivity index (χ0v) is 11.2. The van der Waals surface area contributed by atoms with E-state index in [0.717, 1.165) is 5.69 Å². The molecule has 0 radical (unpaired) electrons. The van der Waals surface area contributed by atoms with Crippen molar-refractivity contribution >= 4 is 5.69 Å². The van der Waals surface area contributed by atoms with E-state index in [2.05, 4.69) is 10.4 Å². The van der Waals surface area contributed by atoms with Crippen LogP contribution in [-0.2, 0) is 6.54 Å². The number of benzene rings is 1. The Bertz CT molecular complexity index is 576.